The number of nitrogens with zero attached hydrogens (tertiary/aromatic N) is 1. The van der Waals surface area contributed by atoms with Crippen LogP contribution in [0.15, 0.2) is 60.8 Å². The summed E-state index contributed by atoms with van der Waals surface area (Å²) < 4.78 is 31.7. The van der Waals surface area contributed by atoms with Crippen molar-refractivity contribution in [3.05, 3.63) is 66.4 Å². The molecule has 1 aliphatic rings. The summed E-state index contributed by atoms with van der Waals surface area (Å²) >= 11 is 0. The van der Waals surface area contributed by atoms with Gasteiger partial charge in [0.2, 0.25) is 0 Å². The summed E-state index contributed by atoms with van der Waals surface area (Å²) in [4.78, 5) is 13.3. The number of pyridine rings is 1. The van der Waals surface area contributed by atoms with E-state index in [2.05, 4.69) is 58.8 Å². The average Bonchev–Trinajstić information content (AvgIpc) is 2.79. The van der Waals surface area contributed by atoms with Crippen molar-refractivity contribution in [2.45, 2.75) is 25.1 Å². The van der Waals surface area contributed by atoms with Crippen molar-refractivity contribution >= 4 is 16.9 Å². The van der Waals surface area contributed by atoms with E-state index in [0.29, 0.717) is 5.92 Å². The molecule has 0 aliphatic carbocycles. The lowest BCUT2D eigenvalue weighted by atomic mass is 9.89. The van der Waals surface area contributed by atoms with Crippen molar-refractivity contribution in [1.82, 2.24) is 10.3 Å². The summed E-state index contributed by atoms with van der Waals surface area (Å²) in [6, 6.07) is 18.7. The van der Waals surface area contributed by atoms with Crippen LogP contribution in [0.3, 0.4) is 0 Å². The molecule has 2 heterocycles. The van der Waals surface area contributed by atoms with Crippen molar-refractivity contribution in [2.75, 3.05) is 13.1 Å². The third kappa shape index (κ3) is 6.02. The molecular formula is C23H23F3N2O3. The topological polar surface area (TPSA) is 82.5 Å². The molecule has 3 aromatic rings. The number of carboxylic acid groups (broad SMARTS) is 1. The average molecular weight is 432 g/mol. The third-order valence-electron chi connectivity index (χ3n) is 5.22. The summed E-state index contributed by atoms with van der Waals surface area (Å²) in [6.07, 6.45) is -1.41. The van der Waals surface area contributed by atoms with Gasteiger partial charge in [-0.25, -0.2) is 4.79 Å². The first kappa shape index (κ1) is 22.7. The molecule has 0 saturated carbocycles. The van der Waals surface area contributed by atoms with Crippen LogP contribution in [-0.2, 0) is 4.79 Å². The fourth-order valence-corrected chi connectivity index (χ4v) is 3.54. The number of aliphatic hydroxyl groups excluding tert-OH is 1. The normalized spacial score (nSPS) is 17.5. The number of aliphatic carboxylic acids is 1. The van der Waals surface area contributed by atoms with E-state index in [1.807, 2.05) is 12.3 Å². The van der Waals surface area contributed by atoms with Crippen LogP contribution in [0.2, 0.25) is 0 Å². The number of nitrogens with one attached hydrogen (secondary N) is 1. The molecule has 1 aromatic heterocycles. The maximum atomic E-state index is 10.6. The molecule has 8 heteroatoms. The number of hydrogen-bond acceptors (Lipinski definition) is 4. The standard InChI is InChI=1S/C21H22N2O.C2HF3O2/c24-21(19-4-1-11-22-14-19)17-8-5-15(6-9-17)18-10-7-16-3-2-12-23-20(16)13-18;3-2(4,5)1(6)7/h2-3,5-10,12-13,19,21-22,24H,1,4,11,14H2;(H,6,7). The number of hydrogen-bond donors (Lipinski definition) is 3. The zero-order valence-corrected chi connectivity index (χ0v) is 16.6. The Morgan fingerprint density at radius 2 is 1.77 bits per heavy atom. The van der Waals surface area contributed by atoms with Gasteiger partial charge in [-0.2, -0.15) is 13.2 Å². The quantitative estimate of drug-likeness (QED) is 0.565. The minimum absolute atomic E-state index is 0.314. The SMILES string of the molecule is O=C(O)C(F)(F)F.OC(c1ccc(-c2ccc3cccnc3c2)cc1)C1CCCNC1. The van der Waals surface area contributed by atoms with Crippen molar-refractivity contribution < 1.29 is 28.2 Å². The van der Waals surface area contributed by atoms with Crippen molar-refractivity contribution in [2.24, 2.45) is 5.92 Å². The summed E-state index contributed by atoms with van der Waals surface area (Å²) in [6.45, 7) is 1.97. The van der Waals surface area contributed by atoms with Gasteiger partial charge >= 0.3 is 12.1 Å². The molecule has 0 radical (unpaired) electrons. The van der Waals surface area contributed by atoms with Crippen LogP contribution in [0.5, 0.6) is 0 Å². The van der Waals surface area contributed by atoms with Gasteiger partial charge < -0.3 is 15.5 Å². The summed E-state index contributed by atoms with van der Waals surface area (Å²) in [5.41, 5.74) is 4.32. The molecule has 5 nitrogen and oxygen atoms in total. The van der Waals surface area contributed by atoms with Gasteiger partial charge in [0, 0.05) is 24.0 Å². The van der Waals surface area contributed by atoms with E-state index in [4.69, 9.17) is 9.90 Å². The van der Waals surface area contributed by atoms with E-state index in [0.717, 1.165) is 53.5 Å². The second-order valence-electron chi connectivity index (χ2n) is 7.39. The monoisotopic (exact) mass is 432 g/mol. The summed E-state index contributed by atoms with van der Waals surface area (Å²) in [5.74, 6) is -2.44. The number of aliphatic hydroxyl groups is 1. The lowest BCUT2D eigenvalue weighted by Crippen LogP contribution is -2.33. The van der Waals surface area contributed by atoms with Crippen LogP contribution in [0.1, 0.15) is 24.5 Å². The number of benzene rings is 2. The first-order valence-corrected chi connectivity index (χ1v) is 9.90. The van der Waals surface area contributed by atoms with E-state index >= 15 is 0 Å². The van der Waals surface area contributed by atoms with Gasteiger partial charge in [-0.3, -0.25) is 4.98 Å². The first-order chi connectivity index (χ1) is 14.8. The Morgan fingerprint density at radius 3 is 2.39 bits per heavy atom. The molecule has 31 heavy (non-hydrogen) atoms. The highest BCUT2D eigenvalue weighted by atomic mass is 19.4. The fourth-order valence-electron chi connectivity index (χ4n) is 3.54. The Balaban J connectivity index is 0.000000339. The Hall–Kier alpha value is -2.97. The number of aromatic nitrogens is 1. The van der Waals surface area contributed by atoms with E-state index < -0.39 is 12.1 Å². The van der Waals surface area contributed by atoms with E-state index in [1.54, 1.807) is 0 Å². The first-order valence-electron chi connectivity index (χ1n) is 9.90. The van der Waals surface area contributed by atoms with E-state index in [9.17, 15) is 18.3 Å². The number of carboxylic acids is 1. The minimum Gasteiger partial charge on any atom is -0.475 e. The maximum Gasteiger partial charge on any atom is 0.490 e. The molecule has 0 spiro atoms. The highest BCUT2D eigenvalue weighted by Gasteiger charge is 2.38. The van der Waals surface area contributed by atoms with Crippen LogP contribution in [-0.4, -0.2) is 40.4 Å². The highest BCUT2D eigenvalue weighted by molar-refractivity contribution is 5.84. The zero-order chi connectivity index (χ0) is 22.4. The molecule has 3 N–H and O–H groups in total. The third-order valence-corrected chi connectivity index (χ3v) is 5.22. The molecule has 4 rings (SSSR count). The van der Waals surface area contributed by atoms with Gasteiger partial charge in [0.25, 0.3) is 0 Å². The van der Waals surface area contributed by atoms with Gasteiger partial charge in [0.1, 0.15) is 0 Å². The Labute approximate surface area is 177 Å². The van der Waals surface area contributed by atoms with Gasteiger partial charge in [0.15, 0.2) is 0 Å². The lowest BCUT2D eigenvalue weighted by molar-refractivity contribution is -0.192. The van der Waals surface area contributed by atoms with E-state index in [-0.39, 0.29) is 6.10 Å². The molecule has 1 fully saturated rings. The zero-order valence-electron chi connectivity index (χ0n) is 16.6. The van der Waals surface area contributed by atoms with Crippen molar-refractivity contribution in [3.8, 4) is 11.1 Å². The van der Waals surface area contributed by atoms with Crippen LogP contribution >= 0.6 is 0 Å². The number of alkyl halides is 3. The molecule has 1 saturated heterocycles. The van der Waals surface area contributed by atoms with Gasteiger partial charge in [-0.15, -0.1) is 0 Å². The second kappa shape index (κ2) is 9.89. The Bertz CT molecular complexity index is 1020. The Morgan fingerprint density at radius 1 is 1.10 bits per heavy atom. The predicted octanol–water partition coefficient (Wildman–Crippen LogP) is 4.57. The van der Waals surface area contributed by atoms with Gasteiger partial charge in [0.05, 0.1) is 11.6 Å². The summed E-state index contributed by atoms with van der Waals surface area (Å²) in [5, 5.41) is 22.2. The number of piperidine rings is 1. The van der Waals surface area contributed by atoms with Crippen LogP contribution in [0.4, 0.5) is 13.2 Å². The molecule has 2 unspecified atom stereocenters. The summed E-state index contributed by atoms with van der Waals surface area (Å²) in [7, 11) is 0. The van der Waals surface area contributed by atoms with E-state index in [1.165, 1.54) is 0 Å². The molecular weight excluding hydrogens is 409 g/mol. The molecule has 1 aliphatic heterocycles. The molecule has 2 aromatic carbocycles. The molecule has 0 bridgehead atoms. The van der Waals surface area contributed by atoms with Gasteiger partial charge in [-0.1, -0.05) is 42.5 Å². The predicted molar refractivity (Wildman–Crippen MR) is 111 cm³/mol. The van der Waals surface area contributed by atoms with Crippen LogP contribution < -0.4 is 5.32 Å². The number of fused-ring (bicyclic) bond motifs is 1. The Kier molecular flexibility index (Phi) is 7.25. The van der Waals surface area contributed by atoms with Gasteiger partial charge in [-0.05, 0) is 48.2 Å². The molecule has 164 valence electrons. The smallest absolute Gasteiger partial charge is 0.475 e. The largest absolute Gasteiger partial charge is 0.490 e. The van der Waals surface area contributed by atoms with Crippen molar-refractivity contribution in [1.29, 1.82) is 0 Å². The number of halogens is 3. The maximum absolute atomic E-state index is 10.6. The minimum atomic E-state index is -5.08. The number of carbonyl (C=O) groups is 1. The lowest BCUT2D eigenvalue weighted by Gasteiger charge is -2.27. The molecule has 0 amide bonds. The number of rotatable bonds is 3. The van der Waals surface area contributed by atoms with Crippen LogP contribution in [0, 0.1) is 5.92 Å². The van der Waals surface area contributed by atoms with Crippen molar-refractivity contribution in [3.63, 3.8) is 0 Å². The highest BCUT2D eigenvalue weighted by Crippen LogP contribution is 2.29. The fraction of sp³-hybridized carbons (Fsp3) is 0.304. The van der Waals surface area contributed by atoms with Crippen LogP contribution in [0.25, 0.3) is 22.0 Å². The molecule has 2 atom stereocenters. The second-order valence-corrected chi connectivity index (χ2v) is 7.39.